The van der Waals surface area contributed by atoms with E-state index >= 15 is 0 Å². The average Bonchev–Trinajstić information content (AvgIpc) is 3.29. The molecule has 3 rings (SSSR count). The summed E-state index contributed by atoms with van der Waals surface area (Å²) in [6, 6.07) is 7.78. The van der Waals surface area contributed by atoms with Gasteiger partial charge in [-0.25, -0.2) is 14.8 Å². The van der Waals surface area contributed by atoms with Gasteiger partial charge in [-0.2, -0.15) is 0 Å². The number of carbonyl (C=O) groups excluding carboxylic acids is 3. The van der Waals surface area contributed by atoms with Gasteiger partial charge in [0.1, 0.15) is 11.8 Å². The van der Waals surface area contributed by atoms with Crippen LogP contribution in [-0.4, -0.2) is 59.1 Å². The zero-order valence-corrected chi connectivity index (χ0v) is 22.1. The zero-order chi connectivity index (χ0) is 26.9. The first-order chi connectivity index (χ1) is 17.7. The number of esters is 1. The van der Waals surface area contributed by atoms with Crippen molar-refractivity contribution in [1.29, 1.82) is 0 Å². The maximum atomic E-state index is 13.0. The van der Waals surface area contributed by atoms with E-state index in [4.69, 9.17) is 4.74 Å². The molecule has 1 unspecified atom stereocenters. The summed E-state index contributed by atoms with van der Waals surface area (Å²) < 4.78 is 4.81. The van der Waals surface area contributed by atoms with Gasteiger partial charge in [0.25, 0.3) is 11.8 Å². The van der Waals surface area contributed by atoms with Crippen molar-refractivity contribution in [3.05, 3.63) is 68.7 Å². The van der Waals surface area contributed by atoms with Gasteiger partial charge in [-0.3, -0.25) is 9.59 Å². The molecule has 0 bridgehead atoms. The lowest BCUT2D eigenvalue weighted by Gasteiger charge is -2.18. The Morgan fingerprint density at radius 2 is 1.81 bits per heavy atom. The van der Waals surface area contributed by atoms with E-state index in [0.717, 1.165) is 24.0 Å². The third-order valence-electron chi connectivity index (χ3n) is 5.55. The van der Waals surface area contributed by atoms with Crippen LogP contribution >= 0.6 is 11.3 Å². The van der Waals surface area contributed by atoms with E-state index in [9.17, 15) is 19.5 Å². The molecule has 2 amide bonds. The van der Waals surface area contributed by atoms with Gasteiger partial charge >= 0.3 is 5.97 Å². The molecule has 11 heteroatoms. The van der Waals surface area contributed by atoms with Crippen LogP contribution in [0.25, 0.3) is 0 Å². The predicted molar refractivity (Wildman–Crippen MR) is 141 cm³/mol. The van der Waals surface area contributed by atoms with Crippen molar-refractivity contribution >= 4 is 35.1 Å². The highest BCUT2D eigenvalue weighted by molar-refractivity contribution is 7.12. The van der Waals surface area contributed by atoms with Gasteiger partial charge in [0, 0.05) is 13.1 Å². The molecule has 2 aromatic heterocycles. The average molecular weight is 526 g/mol. The Hall–Kier alpha value is -3.99. The number of hydrogen-bond donors (Lipinski definition) is 4. The number of phenolic OH excluding ortho intramolecular Hbond substituents is 1. The van der Waals surface area contributed by atoms with E-state index < -0.39 is 17.9 Å². The fourth-order valence-electron chi connectivity index (χ4n) is 3.73. The molecule has 4 N–H and O–H groups in total. The van der Waals surface area contributed by atoms with Crippen molar-refractivity contribution in [2.75, 3.05) is 25.5 Å². The highest BCUT2D eigenvalue weighted by Crippen LogP contribution is 2.16. The molecular formula is C26H31N5O5S. The molecular weight excluding hydrogens is 494 g/mol. The second-order valence-electron chi connectivity index (χ2n) is 8.54. The number of carbonyl (C=O) groups is 3. The summed E-state index contributed by atoms with van der Waals surface area (Å²) in [7, 11) is 1.21. The Morgan fingerprint density at radius 3 is 2.43 bits per heavy atom. The summed E-state index contributed by atoms with van der Waals surface area (Å²) in [6.45, 7) is 5.74. The first-order valence-corrected chi connectivity index (χ1v) is 12.6. The Bertz CT molecular complexity index is 1250. The second-order valence-corrected chi connectivity index (χ2v) is 9.45. The highest BCUT2D eigenvalue weighted by atomic mass is 32.1. The van der Waals surface area contributed by atoms with Crippen LogP contribution in [0.1, 0.15) is 49.0 Å². The van der Waals surface area contributed by atoms with E-state index in [2.05, 4.69) is 25.9 Å². The number of ether oxygens (including phenoxy) is 1. The lowest BCUT2D eigenvalue weighted by atomic mass is 10.1. The maximum Gasteiger partial charge on any atom is 0.330 e. The Kier molecular flexibility index (Phi) is 9.56. The number of anilines is 1. The summed E-state index contributed by atoms with van der Waals surface area (Å²) in [6.07, 6.45) is 1.57. The lowest BCUT2D eigenvalue weighted by molar-refractivity contribution is -0.142. The number of thiophene rings is 1. The van der Waals surface area contributed by atoms with Crippen LogP contribution in [0, 0.1) is 20.8 Å². The highest BCUT2D eigenvalue weighted by Gasteiger charge is 2.26. The number of rotatable bonds is 11. The monoisotopic (exact) mass is 525 g/mol. The van der Waals surface area contributed by atoms with Crippen molar-refractivity contribution < 1.29 is 24.2 Å². The van der Waals surface area contributed by atoms with Crippen molar-refractivity contribution in [1.82, 2.24) is 20.6 Å². The molecule has 0 radical (unpaired) electrons. The summed E-state index contributed by atoms with van der Waals surface area (Å²) in [5.41, 5.74) is 3.14. The summed E-state index contributed by atoms with van der Waals surface area (Å²) in [5.74, 6) is -0.926. The van der Waals surface area contributed by atoms with Crippen LogP contribution in [0.5, 0.6) is 5.75 Å². The molecule has 0 saturated carbocycles. The zero-order valence-electron chi connectivity index (χ0n) is 21.3. The third kappa shape index (κ3) is 7.74. The first kappa shape index (κ1) is 27.6. The molecule has 0 aliphatic rings. The topological polar surface area (TPSA) is 143 Å². The number of hydrogen-bond acceptors (Lipinski definition) is 9. The number of amides is 2. The van der Waals surface area contributed by atoms with E-state index in [-0.39, 0.29) is 23.8 Å². The number of phenols is 1. The van der Waals surface area contributed by atoms with Crippen molar-refractivity contribution in [3.63, 3.8) is 0 Å². The number of aromatic nitrogens is 2. The van der Waals surface area contributed by atoms with Crippen molar-refractivity contribution in [2.24, 2.45) is 0 Å². The minimum absolute atomic E-state index is 0.133. The Balaban J connectivity index is 1.59. The first-order valence-electron chi connectivity index (χ1n) is 11.8. The molecule has 37 heavy (non-hydrogen) atoms. The van der Waals surface area contributed by atoms with Gasteiger partial charge in [0.2, 0.25) is 5.95 Å². The number of methoxy groups -OCH3 is 1. The van der Waals surface area contributed by atoms with Crippen LogP contribution in [0.3, 0.4) is 0 Å². The van der Waals surface area contributed by atoms with Crippen molar-refractivity contribution in [3.8, 4) is 5.75 Å². The largest absolute Gasteiger partial charge is 0.508 e. The molecule has 0 aliphatic carbocycles. The molecule has 10 nitrogen and oxygen atoms in total. The van der Waals surface area contributed by atoms with Gasteiger partial charge in [-0.1, -0.05) is 12.1 Å². The lowest BCUT2D eigenvalue weighted by Crippen LogP contribution is -2.49. The summed E-state index contributed by atoms with van der Waals surface area (Å²) in [5, 5.41) is 19.9. The quantitative estimate of drug-likeness (QED) is 0.221. The van der Waals surface area contributed by atoms with Crippen LogP contribution in [0.2, 0.25) is 0 Å². The molecule has 1 aromatic carbocycles. The minimum Gasteiger partial charge on any atom is -0.508 e. The van der Waals surface area contributed by atoms with E-state index in [1.165, 1.54) is 18.4 Å². The fourth-order valence-corrected chi connectivity index (χ4v) is 4.54. The number of nitrogens with one attached hydrogen (secondary N) is 3. The Morgan fingerprint density at radius 1 is 1.08 bits per heavy atom. The molecule has 2 heterocycles. The second kappa shape index (κ2) is 12.8. The van der Waals surface area contributed by atoms with E-state index in [1.54, 1.807) is 38.1 Å². The molecule has 0 aliphatic heterocycles. The van der Waals surface area contributed by atoms with Gasteiger partial charge in [0.15, 0.2) is 0 Å². The normalized spacial score (nSPS) is 11.5. The fraction of sp³-hybridized carbons (Fsp3) is 0.346. The molecule has 0 spiro atoms. The standard InChI is InChI=1S/C26H31N5O5S/c1-15-11-21(37-14-15)23(33)28-13-20(25(35)36-4)31-24(34)22-16(2)29-26(30-17(22)3)27-10-6-8-18-7-5-9-19(32)12-18/h5,7,9,11-12,14,20,32H,6,8,10,13H2,1-4H3,(H,28,33)(H,31,34)(H,27,29,30). The van der Waals surface area contributed by atoms with E-state index in [1.807, 2.05) is 18.4 Å². The van der Waals surface area contributed by atoms with Crippen molar-refractivity contribution in [2.45, 2.75) is 39.7 Å². The SMILES string of the molecule is COC(=O)C(CNC(=O)c1cc(C)cs1)NC(=O)c1c(C)nc(NCCCc2cccc(O)c2)nc1C. The molecule has 0 saturated heterocycles. The van der Waals surface area contributed by atoms with Crippen LogP contribution in [0.4, 0.5) is 5.95 Å². The Labute approximate surface area is 219 Å². The van der Waals surface area contributed by atoms with E-state index in [0.29, 0.717) is 28.8 Å². The molecule has 196 valence electrons. The number of aromatic hydroxyl groups is 1. The summed E-state index contributed by atoms with van der Waals surface area (Å²) in [4.78, 5) is 47.0. The number of nitrogens with zero attached hydrogens (tertiary/aromatic N) is 2. The van der Waals surface area contributed by atoms with Gasteiger partial charge < -0.3 is 25.8 Å². The number of aryl methyl sites for hydroxylation is 4. The molecule has 3 aromatic rings. The van der Waals surface area contributed by atoms with Crippen LogP contribution in [-0.2, 0) is 16.0 Å². The third-order valence-corrected chi connectivity index (χ3v) is 6.59. The van der Waals surface area contributed by atoms with Gasteiger partial charge in [0.05, 0.1) is 28.9 Å². The minimum atomic E-state index is -1.09. The van der Waals surface area contributed by atoms with Crippen LogP contribution in [0.15, 0.2) is 35.7 Å². The smallest absolute Gasteiger partial charge is 0.330 e. The number of benzene rings is 1. The van der Waals surface area contributed by atoms with Gasteiger partial charge in [-0.05, 0) is 68.3 Å². The predicted octanol–water partition coefficient (Wildman–Crippen LogP) is 2.92. The molecule has 1 atom stereocenters. The maximum absolute atomic E-state index is 13.0. The van der Waals surface area contributed by atoms with Crippen LogP contribution < -0.4 is 16.0 Å². The summed E-state index contributed by atoms with van der Waals surface area (Å²) >= 11 is 1.30. The molecule has 0 fully saturated rings. The van der Waals surface area contributed by atoms with Gasteiger partial charge in [-0.15, -0.1) is 11.3 Å².